The van der Waals surface area contributed by atoms with Crippen molar-refractivity contribution in [3.63, 3.8) is 0 Å². The molecule has 2 aromatic rings. The maximum Gasteiger partial charge on any atom is 0.187 e. The van der Waals surface area contributed by atoms with Crippen LogP contribution < -0.4 is 10.6 Å². The lowest BCUT2D eigenvalue weighted by molar-refractivity contribution is 0.402. The third-order valence-corrected chi connectivity index (χ3v) is 3.76. The van der Waals surface area contributed by atoms with Gasteiger partial charge in [0.05, 0.1) is 11.2 Å². The summed E-state index contributed by atoms with van der Waals surface area (Å²) in [6.45, 7) is 3.85. The van der Waals surface area contributed by atoms with E-state index in [1.165, 1.54) is 0 Å². The van der Waals surface area contributed by atoms with Crippen LogP contribution in [0.4, 0.5) is 5.69 Å². The molecule has 0 radical (unpaired) electrons. The van der Waals surface area contributed by atoms with E-state index in [9.17, 15) is 5.26 Å². The standard InChI is InChI=1S/C15H17N5/c1-10-6-11(17)9-20(8-10)15-12-4-2-3-5-13(12)18-19-14(15)7-16/h2-5,10-11H,6,8-9,17H2,1H3. The number of rotatable bonds is 1. The molecule has 2 unspecified atom stereocenters. The van der Waals surface area contributed by atoms with Gasteiger partial charge in [0.15, 0.2) is 5.69 Å². The van der Waals surface area contributed by atoms with Crippen molar-refractivity contribution in [2.24, 2.45) is 11.7 Å². The van der Waals surface area contributed by atoms with E-state index in [2.05, 4.69) is 28.1 Å². The third kappa shape index (κ3) is 2.19. The van der Waals surface area contributed by atoms with Crippen molar-refractivity contribution in [2.75, 3.05) is 18.0 Å². The molecule has 5 heteroatoms. The molecule has 0 aliphatic carbocycles. The molecule has 1 aromatic carbocycles. The normalized spacial score (nSPS) is 22.8. The molecule has 0 saturated carbocycles. The van der Waals surface area contributed by atoms with Gasteiger partial charge in [0.2, 0.25) is 0 Å². The molecular formula is C15H17N5. The summed E-state index contributed by atoms with van der Waals surface area (Å²) in [6, 6.07) is 10.1. The number of nitrogens with two attached hydrogens (primary N) is 1. The average Bonchev–Trinajstić information content (AvgIpc) is 2.45. The van der Waals surface area contributed by atoms with Gasteiger partial charge < -0.3 is 10.6 Å². The molecule has 1 aromatic heterocycles. The van der Waals surface area contributed by atoms with E-state index in [1.807, 2.05) is 24.3 Å². The predicted octanol–water partition coefficient (Wildman–Crippen LogP) is 1.67. The molecule has 1 aliphatic rings. The Kier molecular flexibility index (Phi) is 3.25. The van der Waals surface area contributed by atoms with Gasteiger partial charge in [0.1, 0.15) is 6.07 Å². The van der Waals surface area contributed by atoms with Crippen molar-refractivity contribution in [1.29, 1.82) is 5.26 Å². The van der Waals surface area contributed by atoms with Crippen molar-refractivity contribution in [3.05, 3.63) is 30.0 Å². The minimum Gasteiger partial charge on any atom is -0.367 e. The second-order valence-electron chi connectivity index (χ2n) is 5.53. The Morgan fingerprint density at radius 3 is 2.85 bits per heavy atom. The maximum absolute atomic E-state index is 9.33. The summed E-state index contributed by atoms with van der Waals surface area (Å²) in [4.78, 5) is 2.19. The van der Waals surface area contributed by atoms with Gasteiger partial charge in [0.25, 0.3) is 0 Å². The van der Waals surface area contributed by atoms with Crippen LogP contribution in [0.1, 0.15) is 19.0 Å². The first-order valence-electron chi connectivity index (χ1n) is 6.85. The van der Waals surface area contributed by atoms with Crippen molar-refractivity contribution in [3.8, 4) is 6.07 Å². The zero-order valence-electron chi connectivity index (χ0n) is 11.5. The van der Waals surface area contributed by atoms with Crippen LogP contribution in [-0.4, -0.2) is 29.3 Å². The third-order valence-electron chi connectivity index (χ3n) is 3.76. The summed E-state index contributed by atoms with van der Waals surface area (Å²) in [5, 5.41) is 18.5. The molecule has 20 heavy (non-hydrogen) atoms. The Hall–Kier alpha value is -2.19. The van der Waals surface area contributed by atoms with E-state index in [0.717, 1.165) is 36.1 Å². The van der Waals surface area contributed by atoms with Crippen LogP contribution >= 0.6 is 0 Å². The minimum atomic E-state index is 0.136. The summed E-state index contributed by atoms with van der Waals surface area (Å²) in [7, 11) is 0. The highest BCUT2D eigenvalue weighted by molar-refractivity contribution is 5.93. The van der Waals surface area contributed by atoms with Crippen LogP contribution in [-0.2, 0) is 0 Å². The number of hydrogen-bond donors (Lipinski definition) is 1. The van der Waals surface area contributed by atoms with E-state index in [1.54, 1.807) is 0 Å². The average molecular weight is 267 g/mol. The molecule has 1 fully saturated rings. The van der Waals surface area contributed by atoms with Gasteiger partial charge in [-0.05, 0) is 18.4 Å². The second kappa shape index (κ2) is 5.06. The molecule has 1 aliphatic heterocycles. The van der Waals surface area contributed by atoms with Crippen LogP contribution in [0.3, 0.4) is 0 Å². The summed E-state index contributed by atoms with van der Waals surface area (Å²) < 4.78 is 0. The van der Waals surface area contributed by atoms with Crippen LogP contribution in [0.25, 0.3) is 10.9 Å². The zero-order chi connectivity index (χ0) is 14.1. The number of anilines is 1. The van der Waals surface area contributed by atoms with Crippen LogP contribution in [0.15, 0.2) is 24.3 Å². The molecule has 0 amide bonds. The first-order chi connectivity index (χ1) is 9.69. The highest BCUT2D eigenvalue weighted by Crippen LogP contribution is 2.30. The van der Waals surface area contributed by atoms with Crippen molar-refractivity contribution >= 4 is 16.6 Å². The largest absolute Gasteiger partial charge is 0.367 e. The van der Waals surface area contributed by atoms with Crippen molar-refractivity contribution in [1.82, 2.24) is 10.2 Å². The van der Waals surface area contributed by atoms with E-state index in [4.69, 9.17) is 5.73 Å². The van der Waals surface area contributed by atoms with Crippen LogP contribution in [0.5, 0.6) is 0 Å². The highest BCUT2D eigenvalue weighted by Gasteiger charge is 2.26. The summed E-state index contributed by atoms with van der Waals surface area (Å²) in [6.07, 6.45) is 1.02. The number of nitrogens with zero attached hydrogens (tertiary/aromatic N) is 4. The van der Waals surface area contributed by atoms with E-state index < -0.39 is 0 Å². The van der Waals surface area contributed by atoms with E-state index >= 15 is 0 Å². The van der Waals surface area contributed by atoms with Crippen LogP contribution in [0, 0.1) is 17.2 Å². The van der Waals surface area contributed by atoms with Gasteiger partial charge in [-0.25, -0.2) is 0 Å². The second-order valence-corrected chi connectivity index (χ2v) is 5.53. The Morgan fingerprint density at radius 2 is 2.10 bits per heavy atom. The van der Waals surface area contributed by atoms with Gasteiger partial charge in [-0.1, -0.05) is 25.1 Å². The molecule has 2 heterocycles. The number of piperidine rings is 1. The summed E-state index contributed by atoms with van der Waals surface area (Å²) in [5.74, 6) is 0.511. The minimum absolute atomic E-state index is 0.136. The predicted molar refractivity (Wildman–Crippen MR) is 78.2 cm³/mol. The topological polar surface area (TPSA) is 78.8 Å². The Morgan fingerprint density at radius 1 is 1.30 bits per heavy atom. The molecular weight excluding hydrogens is 250 g/mol. The maximum atomic E-state index is 9.33. The van der Waals surface area contributed by atoms with Gasteiger partial charge in [-0.3, -0.25) is 0 Å². The molecule has 2 N–H and O–H groups in total. The first-order valence-corrected chi connectivity index (χ1v) is 6.85. The number of hydrogen-bond acceptors (Lipinski definition) is 5. The molecule has 0 spiro atoms. The highest BCUT2D eigenvalue weighted by atomic mass is 15.2. The van der Waals surface area contributed by atoms with Gasteiger partial charge >= 0.3 is 0 Å². The fourth-order valence-corrected chi connectivity index (χ4v) is 3.02. The van der Waals surface area contributed by atoms with Crippen molar-refractivity contribution < 1.29 is 0 Å². The lowest BCUT2D eigenvalue weighted by atomic mass is 9.95. The number of aromatic nitrogens is 2. The Labute approximate surface area is 118 Å². The van der Waals surface area contributed by atoms with Gasteiger partial charge in [0, 0.05) is 24.5 Å². The SMILES string of the molecule is CC1CC(N)CN(c2c(C#N)nnc3ccccc23)C1. The van der Waals surface area contributed by atoms with Crippen LogP contribution in [0.2, 0.25) is 0 Å². The lowest BCUT2D eigenvalue weighted by Gasteiger charge is -2.36. The number of benzene rings is 1. The molecule has 102 valence electrons. The number of nitriles is 1. The molecule has 0 bridgehead atoms. The van der Waals surface area contributed by atoms with Gasteiger partial charge in [-0.2, -0.15) is 5.26 Å². The van der Waals surface area contributed by atoms with Gasteiger partial charge in [-0.15, -0.1) is 10.2 Å². The monoisotopic (exact) mass is 267 g/mol. The summed E-state index contributed by atoms with van der Waals surface area (Å²) in [5.41, 5.74) is 8.20. The Balaban J connectivity index is 2.16. The quantitative estimate of drug-likeness (QED) is 0.850. The Bertz CT molecular complexity index is 666. The zero-order valence-corrected chi connectivity index (χ0v) is 11.5. The van der Waals surface area contributed by atoms with Crippen molar-refractivity contribution in [2.45, 2.75) is 19.4 Å². The lowest BCUT2D eigenvalue weighted by Crippen LogP contribution is -2.46. The molecule has 2 atom stereocenters. The van der Waals surface area contributed by atoms with E-state index in [-0.39, 0.29) is 6.04 Å². The fraction of sp³-hybridized carbons (Fsp3) is 0.400. The smallest absolute Gasteiger partial charge is 0.187 e. The number of fused-ring (bicyclic) bond motifs is 1. The fourth-order valence-electron chi connectivity index (χ4n) is 3.02. The summed E-state index contributed by atoms with van der Waals surface area (Å²) >= 11 is 0. The van der Waals surface area contributed by atoms with E-state index in [0.29, 0.717) is 11.6 Å². The molecule has 3 rings (SSSR count). The molecule has 5 nitrogen and oxygen atoms in total. The first kappa shape index (κ1) is 12.8. The molecule has 1 saturated heterocycles.